The molecule has 2 aromatic heterocycles. The van der Waals surface area contributed by atoms with Crippen molar-refractivity contribution in [2.75, 3.05) is 0 Å². The van der Waals surface area contributed by atoms with E-state index in [1.54, 1.807) is 6.07 Å². The molecule has 1 N–H and O–H groups in total. The summed E-state index contributed by atoms with van der Waals surface area (Å²) in [6.07, 6.45) is 1.93. The number of benzene rings is 8. The van der Waals surface area contributed by atoms with Gasteiger partial charge in [0.1, 0.15) is 11.6 Å². The highest BCUT2D eigenvalue weighted by Gasteiger charge is 2.38. The molecule has 308 valence electrons. The molecule has 64 heavy (non-hydrogen) atoms. The van der Waals surface area contributed by atoms with Gasteiger partial charge in [0.05, 0.1) is 28.0 Å². The Morgan fingerprint density at radius 1 is 0.484 bits per heavy atom. The zero-order valence-electron chi connectivity index (χ0n) is 36.4. The molecule has 0 fully saturated rings. The van der Waals surface area contributed by atoms with Crippen LogP contribution < -0.4 is 0 Å². The molecule has 0 radical (unpaired) electrons. The smallest absolute Gasteiger partial charge is 0.149 e. The highest BCUT2D eigenvalue weighted by atomic mass is 16.3. The predicted molar refractivity (Wildman–Crippen MR) is 264 cm³/mol. The van der Waals surface area contributed by atoms with E-state index in [0.29, 0.717) is 11.4 Å². The Morgan fingerprint density at radius 3 is 1.84 bits per heavy atom. The van der Waals surface area contributed by atoms with Crippen molar-refractivity contribution in [1.29, 1.82) is 0 Å². The number of aromatic nitrogens is 3. The molecular formula is C60H47N3O. The van der Waals surface area contributed by atoms with Crippen molar-refractivity contribution in [3.05, 3.63) is 229 Å². The molecule has 8 aromatic carbocycles. The van der Waals surface area contributed by atoms with Crippen molar-refractivity contribution >= 4 is 11.0 Å². The van der Waals surface area contributed by atoms with Gasteiger partial charge in [-0.1, -0.05) is 179 Å². The average Bonchev–Trinajstić information content (AvgIpc) is 3.84. The summed E-state index contributed by atoms with van der Waals surface area (Å²) in [6, 6.07) is 70.4. The highest BCUT2D eigenvalue weighted by molar-refractivity contribution is 6.01. The number of imidazole rings is 1. The van der Waals surface area contributed by atoms with Crippen molar-refractivity contribution in [2.45, 2.75) is 38.5 Å². The lowest BCUT2D eigenvalue weighted by Gasteiger charge is -2.26. The summed E-state index contributed by atoms with van der Waals surface area (Å²) in [4.78, 5) is 10.6. The van der Waals surface area contributed by atoms with E-state index in [1.165, 1.54) is 33.4 Å². The van der Waals surface area contributed by atoms with Gasteiger partial charge in [-0.05, 0) is 104 Å². The number of nitrogens with zero attached hydrogens (tertiary/aromatic N) is 3. The fourth-order valence-corrected chi connectivity index (χ4v) is 10.1. The topological polar surface area (TPSA) is 50.9 Å². The molecule has 0 amide bonds. The molecule has 4 nitrogen and oxygen atoms in total. The van der Waals surface area contributed by atoms with Crippen LogP contribution in [0.3, 0.4) is 0 Å². The van der Waals surface area contributed by atoms with Gasteiger partial charge in [-0.15, -0.1) is 0 Å². The van der Waals surface area contributed by atoms with Crippen LogP contribution in [0, 0.1) is 0 Å². The van der Waals surface area contributed by atoms with Crippen molar-refractivity contribution in [2.24, 2.45) is 0 Å². The van der Waals surface area contributed by atoms with Crippen LogP contribution in [0.15, 0.2) is 206 Å². The van der Waals surface area contributed by atoms with E-state index in [4.69, 9.17) is 9.97 Å². The number of aromatic hydroxyl groups is 1. The molecule has 0 bridgehead atoms. The molecule has 2 heterocycles. The molecule has 10 aromatic rings. The Kier molecular flexibility index (Phi) is 9.28. The van der Waals surface area contributed by atoms with Gasteiger partial charge in [0.2, 0.25) is 0 Å². The van der Waals surface area contributed by atoms with Gasteiger partial charge < -0.3 is 5.11 Å². The fourth-order valence-electron chi connectivity index (χ4n) is 10.1. The molecule has 0 aliphatic heterocycles. The molecule has 0 saturated heterocycles. The maximum absolute atomic E-state index is 11.4. The van der Waals surface area contributed by atoms with Gasteiger partial charge in [-0.25, -0.2) is 4.98 Å². The third-order valence-corrected chi connectivity index (χ3v) is 13.5. The number of phenolic OH excluding ortho intramolecular Hbond substituents is 1. The van der Waals surface area contributed by atoms with Crippen molar-refractivity contribution in [3.63, 3.8) is 0 Å². The van der Waals surface area contributed by atoms with Crippen molar-refractivity contribution in [1.82, 2.24) is 14.5 Å². The predicted octanol–water partition coefficient (Wildman–Crippen LogP) is 15.1. The molecule has 0 spiro atoms. The third-order valence-electron chi connectivity index (χ3n) is 13.5. The van der Waals surface area contributed by atoms with Crippen LogP contribution in [0.1, 0.15) is 49.9 Å². The molecule has 1 aliphatic carbocycles. The number of hydrogen-bond acceptors (Lipinski definition) is 3. The lowest BCUT2D eigenvalue weighted by Crippen LogP contribution is -2.18. The summed E-state index contributed by atoms with van der Waals surface area (Å²) < 4.78 is 2.22. The summed E-state index contributed by atoms with van der Waals surface area (Å²) in [7, 11) is 0. The molecule has 4 heteroatoms. The quantitative estimate of drug-likeness (QED) is 0.166. The van der Waals surface area contributed by atoms with E-state index in [0.717, 1.165) is 61.4 Å². The van der Waals surface area contributed by atoms with Crippen LogP contribution in [-0.2, 0) is 10.8 Å². The number of hydrogen-bond donors (Lipinski definition) is 1. The van der Waals surface area contributed by atoms with Crippen molar-refractivity contribution < 1.29 is 5.11 Å². The largest absolute Gasteiger partial charge is 0.507 e. The van der Waals surface area contributed by atoms with E-state index in [1.807, 2.05) is 30.5 Å². The lowest BCUT2D eigenvalue weighted by molar-refractivity contribution is 0.477. The van der Waals surface area contributed by atoms with E-state index < -0.39 is 0 Å². The lowest BCUT2D eigenvalue weighted by atomic mass is 9.78. The maximum Gasteiger partial charge on any atom is 0.149 e. The summed E-state index contributed by atoms with van der Waals surface area (Å²) >= 11 is 0. The summed E-state index contributed by atoms with van der Waals surface area (Å²) in [5, 5.41) is 11.4. The van der Waals surface area contributed by atoms with Crippen LogP contribution in [-0.4, -0.2) is 19.6 Å². The number of rotatable bonds is 8. The number of para-hydroxylation sites is 3. The third kappa shape index (κ3) is 6.36. The second kappa shape index (κ2) is 15.2. The zero-order valence-corrected chi connectivity index (χ0v) is 36.4. The second-order valence-electron chi connectivity index (χ2n) is 18.0. The Balaban J connectivity index is 1.11. The minimum absolute atomic E-state index is 0.125. The zero-order chi connectivity index (χ0) is 43.6. The monoisotopic (exact) mass is 825 g/mol. The normalized spacial score (nSPS) is 12.9. The minimum atomic E-state index is -0.296. The maximum atomic E-state index is 11.4. The fraction of sp³-hybridized carbons (Fsp3) is 0.100. The average molecular weight is 826 g/mol. The molecule has 0 atom stereocenters. The summed E-state index contributed by atoms with van der Waals surface area (Å²) in [5.74, 6) is 0.851. The summed E-state index contributed by atoms with van der Waals surface area (Å²) in [6.45, 7) is 9.25. The van der Waals surface area contributed by atoms with Crippen LogP contribution in [0.2, 0.25) is 0 Å². The Bertz CT molecular complexity index is 3380. The van der Waals surface area contributed by atoms with Crippen molar-refractivity contribution in [3.8, 4) is 78.6 Å². The first-order valence-corrected chi connectivity index (χ1v) is 22.0. The van der Waals surface area contributed by atoms with Crippen LogP contribution in [0.5, 0.6) is 5.75 Å². The van der Waals surface area contributed by atoms with Crippen LogP contribution in [0.4, 0.5) is 0 Å². The number of fused-ring (bicyclic) bond motifs is 4. The standard InChI is InChI=1S/C60H47N3O/c1-59(2,43-20-9-6-10-21-43)44-32-30-39(31-33-44)41-34-35-61-52(38-41)42-36-49-46-23-11-14-26-51(46)60(3,4)56(49)50(37-42)47-25-17-28-54-57(47)62-58(48-24-13-16-29-55(48)64)63(54)53-27-15-12-22-45(53)40-18-7-5-8-19-40/h5-38,64H,1-4H3. The van der Waals surface area contributed by atoms with Crippen LogP contribution >= 0.6 is 0 Å². The second-order valence-corrected chi connectivity index (χ2v) is 18.0. The van der Waals surface area contributed by atoms with Gasteiger partial charge in [0, 0.05) is 33.7 Å². The first-order chi connectivity index (χ1) is 31.2. The van der Waals surface area contributed by atoms with E-state index in [2.05, 4.69) is 202 Å². The molecule has 1 aliphatic rings. The Hall–Kier alpha value is -7.82. The van der Waals surface area contributed by atoms with Gasteiger partial charge in [-0.3, -0.25) is 9.55 Å². The van der Waals surface area contributed by atoms with Gasteiger partial charge in [0.15, 0.2) is 0 Å². The van der Waals surface area contributed by atoms with Gasteiger partial charge >= 0.3 is 0 Å². The van der Waals surface area contributed by atoms with E-state index in [-0.39, 0.29) is 16.6 Å². The first kappa shape index (κ1) is 39.1. The molecular weight excluding hydrogens is 779 g/mol. The van der Waals surface area contributed by atoms with E-state index >= 15 is 0 Å². The highest BCUT2D eigenvalue weighted by Crippen LogP contribution is 2.54. The van der Waals surface area contributed by atoms with Gasteiger partial charge in [0.25, 0.3) is 0 Å². The molecule has 0 saturated carbocycles. The summed E-state index contributed by atoms with van der Waals surface area (Å²) in [5.41, 5.74) is 19.1. The molecule has 0 unspecified atom stereocenters. The van der Waals surface area contributed by atoms with E-state index in [9.17, 15) is 5.11 Å². The number of pyridine rings is 1. The SMILES string of the molecule is CC(C)(c1ccccc1)c1ccc(-c2ccnc(-c3cc4c(c(-c5cccc6c5nc(-c5ccccc5O)n6-c5ccccc5-c5ccccc5)c3)C(C)(C)c3ccccc3-4)c2)cc1. The minimum Gasteiger partial charge on any atom is -0.507 e. The number of phenols is 1. The molecule has 11 rings (SSSR count). The Labute approximate surface area is 374 Å². The van der Waals surface area contributed by atoms with Crippen LogP contribution in [0.25, 0.3) is 83.9 Å². The van der Waals surface area contributed by atoms with Gasteiger partial charge in [-0.2, -0.15) is 0 Å². The first-order valence-electron chi connectivity index (χ1n) is 22.0. The Morgan fingerprint density at radius 2 is 1.09 bits per heavy atom.